The summed E-state index contributed by atoms with van der Waals surface area (Å²) in [5, 5.41) is 12.7. The largest absolute Gasteiger partial charge is 0.383 e. The van der Waals surface area contributed by atoms with Gasteiger partial charge in [-0.3, -0.25) is 9.59 Å². The molecular formula is C31H36N6O3. The minimum absolute atomic E-state index is 0.107. The van der Waals surface area contributed by atoms with Crippen molar-refractivity contribution in [1.82, 2.24) is 29.8 Å². The summed E-state index contributed by atoms with van der Waals surface area (Å²) < 4.78 is 9.19. The van der Waals surface area contributed by atoms with Gasteiger partial charge in [0.2, 0.25) is 5.91 Å². The zero-order chi connectivity index (χ0) is 28.3. The molecule has 0 radical (unpaired) electrons. The molecule has 1 aliphatic heterocycles. The molecule has 1 atom stereocenters. The first kappa shape index (κ1) is 27.3. The number of aryl methyl sites for hydroxylation is 2. The third-order valence-corrected chi connectivity index (χ3v) is 7.96. The predicted molar refractivity (Wildman–Crippen MR) is 154 cm³/mol. The van der Waals surface area contributed by atoms with E-state index in [2.05, 4.69) is 57.2 Å². The number of amides is 2. The van der Waals surface area contributed by atoms with Crippen molar-refractivity contribution >= 4 is 22.7 Å². The quantitative estimate of drug-likeness (QED) is 0.273. The lowest BCUT2D eigenvalue weighted by molar-refractivity contribution is -0.131. The zero-order valence-electron chi connectivity index (χ0n) is 23.4. The summed E-state index contributed by atoms with van der Waals surface area (Å²) >= 11 is 0. The molecule has 0 saturated heterocycles. The molecule has 1 N–H and O–H groups in total. The van der Waals surface area contributed by atoms with Crippen LogP contribution in [-0.2, 0) is 35.5 Å². The highest BCUT2D eigenvalue weighted by Gasteiger charge is 2.45. The Kier molecular flexibility index (Phi) is 7.84. The van der Waals surface area contributed by atoms with Crippen LogP contribution in [-0.4, -0.2) is 62.6 Å². The first-order chi connectivity index (χ1) is 19.4. The highest BCUT2D eigenvalue weighted by molar-refractivity contribution is 6.02. The Morgan fingerprint density at radius 1 is 1.23 bits per heavy atom. The van der Waals surface area contributed by atoms with Gasteiger partial charge in [-0.2, -0.15) is 0 Å². The fraction of sp³-hybridized carbons (Fsp3) is 0.355. The van der Waals surface area contributed by atoms with E-state index in [0.29, 0.717) is 44.4 Å². The maximum Gasteiger partial charge on any atom is 0.255 e. The molecule has 0 bridgehead atoms. The highest BCUT2D eigenvalue weighted by atomic mass is 16.5. The molecular weight excluding hydrogens is 504 g/mol. The molecule has 0 saturated carbocycles. The van der Waals surface area contributed by atoms with Crippen molar-refractivity contribution in [2.75, 3.05) is 20.8 Å². The number of benzene rings is 2. The number of carbonyl (C=O) groups is 2. The molecule has 2 amide bonds. The van der Waals surface area contributed by atoms with Gasteiger partial charge in [0.1, 0.15) is 5.54 Å². The summed E-state index contributed by atoms with van der Waals surface area (Å²) in [6.45, 7) is 7.50. The summed E-state index contributed by atoms with van der Waals surface area (Å²) in [6, 6.07) is 14.2. The topological polar surface area (TPSA) is 94.3 Å². The van der Waals surface area contributed by atoms with Gasteiger partial charge in [-0.05, 0) is 74.1 Å². The number of carbonyl (C=O) groups excluding carboxylic acids is 2. The predicted octanol–water partition coefficient (Wildman–Crippen LogP) is 4.08. The lowest BCUT2D eigenvalue weighted by Crippen LogP contribution is -2.56. The molecule has 5 rings (SSSR count). The van der Waals surface area contributed by atoms with E-state index in [9.17, 15) is 9.59 Å². The molecule has 40 heavy (non-hydrogen) atoms. The van der Waals surface area contributed by atoms with E-state index in [1.165, 1.54) is 0 Å². The van der Waals surface area contributed by atoms with Gasteiger partial charge in [0.05, 0.1) is 24.2 Å². The fourth-order valence-corrected chi connectivity index (χ4v) is 5.57. The van der Waals surface area contributed by atoms with Crippen molar-refractivity contribution in [2.45, 2.75) is 51.2 Å². The van der Waals surface area contributed by atoms with Gasteiger partial charge in [-0.1, -0.05) is 23.4 Å². The minimum atomic E-state index is -0.954. The number of fused-ring (bicyclic) bond motifs is 2. The fourth-order valence-electron chi connectivity index (χ4n) is 5.57. The number of ether oxygens (including phenoxy) is 1. The van der Waals surface area contributed by atoms with Crippen LogP contribution in [0.2, 0.25) is 0 Å². The molecule has 0 spiro atoms. The molecule has 1 aliphatic rings. The maximum absolute atomic E-state index is 13.4. The SMILES string of the molecule is C=CCC[C@@](C)(C(=O)NC)N1Cc2c(CCc3cn(-c4ccc5c(ccn5CCOC)c4)nn3)cccc2C1=O. The summed E-state index contributed by atoms with van der Waals surface area (Å²) in [4.78, 5) is 28.0. The third kappa shape index (κ3) is 5.04. The Balaban J connectivity index is 1.31. The Bertz CT molecular complexity index is 1550. The number of allylic oxidation sites excluding steroid dienone is 1. The van der Waals surface area contributed by atoms with E-state index < -0.39 is 5.54 Å². The van der Waals surface area contributed by atoms with Crippen LogP contribution in [0.25, 0.3) is 16.6 Å². The van der Waals surface area contributed by atoms with Crippen molar-refractivity contribution in [3.8, 4) is 5.69 Å². The maximum atomic E-state index is 13.4. The lowest BCUT2D eigenvalue weighted by Gasteiger charge is -2.37. The Morgan fingerprint density at radius 2 is 2.08 bits per heavy atom. The standard InChI is InChI=1S/C31H36N6O3/c1-5-6-15-31(2,30(39)32-3)36-21-27-22(8-7-9-26(27)29(36)38)10-11-24-20-37(34-33-24)25-12-13-28-23(19-25)14-16-35(28)17-18-40-4/h5,7-9,12-14,16,19-20H,1,6,10-11,15,17-18,21H2,2-4H3,(H,32,39)/t31-/m0/s1. The summed E-state index contributed by atoms with van der Waals surface area (Å²) in [5.41, 5.74) is 4.76. The van der Waals surface area contributed by atoms with Crippen LogP contribution in [0.3, 0.4) is 0 Å². The van der Waals surface area contributed by atoms with Crippen molar-refractivity contribution in [1.29, 1.82) is 0 Å². The average molecular weight is 541 g/mol. The van der Waals surface area contributed by atoms with E-state index in [4.69, 9.17) is 4.74 Å². The lowest BCUT2D eigenvalue weighted by atomic mass is 9.92. The van der Waals surface area contributed by atoms with Gasteiger partial charge in [-0.25, -0.2) is 4.68 Å². The number of likely N-dealkylation sites (N-methyl/N-ethyl adjacent to an activating group) is 1. The molecule has 2 aromatic heterocycles. The van der Waals surface area contributed by atoms with Gasteiger partial charge < -0.3 is 19.5 Å². The summed E-state index contributed by atoms with van der Waals surface area (Å²) in [6.07, 6.45) is 8.36. The van der Waals surface area contributed by atoms with Crippen LogP contribution >= 0.6 is 0 Å². The van der Waals surface area contributed by atoms with E-state index in [-0.39, 0.29) is 11.8 Å². The van der Waals surface area contributed by atoms with Crippen molar-refractivity contribution < 1.29 is 14.3 Å². The van der Waals surface area contributed by atoms with Crippen LogP contribution in [0.5, 0.6) is 0 Å². The Morgan fingerprint density at radius 3 is 2.85 bits per heavy atom. The van der Waals surface area contributed by atoms with Crippen LogP contribution < -0.4 is 5.32 Å². The van der Waals surface area contributed by atoms with Crippen LogP contribution in [0.1, 0.15) is 46.9 Å². The van der Waals surface area contributed by atoms with Crippen LogP contribution in [0.15, 0.2) is 67.5 Å². The van der Waals surface area contributed by atoms with E-state index >= 15 is 0 Å². The number of nitrogens with one attached hydrogen (secondary N) is 1. The highest BCUT2D eigenvalue weighted by Crippen LogP contribution is 2.34. The van der Waals surface area contributed by atoms with Gasteiger partial charge in [0.15, 0.2) is 0 Å². The smallest absolute Gasteiger partial charge is 0.255 e. The first-order valence-corrected chi connectivity index (χ1v) is 13.6. The second-order valence-electron chi connectivity index (χ2n) is 10.4. The van der Waals surface area contributed by atoms with Crippen molar-refractivity contribution in [3.05, 3.63) is 89.9 Å². The summed E-state index contributed by atoms with van der Waals surface area (Å²) in [5.74, 6) is -0.275. The molecule has 9 nitrogen and oxygen atoms in total. The minimum Gasteiger partial charge on any atom is -0.383 e. The molecule has 9 heteroatoms. The number of hydrogen-bond donors (Lipinski definition) is 1. The second-order valence-corrected chi connectivity index (χ2v) is 10.4. The van der Waals surface area contributed by atoms with Crippen molar-refractivity contribution in [3.63, 3.8) is 0 Å². The molecule has 0 fully saturated rings. The molecule has 208 valence electrons. The van der Waals surface area contributed by atoms with Crippen LogP contribution in [0.4, 0.5) is 0 Å². The molecule has 0 unspecified atom stereocenters. The monoisotopic (exact) mass is 540 g/mol. The second kappa shape index (κ2) is 11.5. The molecule has 4 aromatic rings. The number of aromatic nitrogens is 4. The molecule has 3 heterocycles. The van der Waals surface area contributed by atoms with Crippen molar-refractivity contribution in [2.24, 2.45) is 0 Å². The van der Waals surface area contributed by atoms with E-state index in [1.807, 2.05) is 31.3 Å². The zero-order valence-corrected chi connectivity index (χ0v) is 23.4. The number of nitrogens with zero attached hydrogens (tertiary/aromatic N) is 5. The average Bonchev–Trinajstić information content (AvgIpc) is 3.70. The van der Waals surface area contributed by atoms with E-state index in [1.54, 1.807) is 29.8 Å². The molecule has 2 aromatic carbocycles. The normalized spacial score (nSPS) is 14.4. The number of methoxy groups -OCH3 is 1. The third-order valence-electron chi connectivity index (χ3n) is 7.96. The van der Waals surface area contributed by atoms with E-state index in [0.717, 1.165) is 40.0 Å². The number of rotatable bonds is 12. The number of hydrogen-bond acceptors (Lipinski definition) is 5. The van der Waals surface area contributed by atoms with Gasteiger partial charge in [0, 0.05) is 49.9 Å². The summed E-state index contributed by atoms with van der Waals surface area (Å²) in [7, 11) is 3.32. The van der Waals surface area contributed by atoms with Crippen LogP contribution in [0, 0.1) is 0 Å². The van der Waals surface area contributed by atoms with Gasteiger partial charge in [0.25, 0.3) is 5.91 Å². The van der Waals surface area contributed by atoms with Gasteiger partial charge >= 0.3 is 0 Å². The molecule has 0 aliphatic carbocycles. The first-order valence-electron chi connectivity index (χ1n) is 13.6. The Hall–Kier alpha value is -4.24. The van der Waals surface area contributed by atoms with Gasteiger partial charge in [-0.15, -0.1) is 11.7 Å². The Labute approximate surface area is 234 Å².